The second-order valence-electron chi connectivity index (χ2n) is 3.49. The van der Waals surface area contributed by atoms with Crippen LogP contribution < -0.4 is 0 Å². The van der Waals surface area contributed by atoms with Gasteiger partial charge in [0.25, 0.3) is 5.91 Å². The van der Waals surface area contributed by atoms with Crippen LogP contribution in [0.1, 0.15) is 37.6 Å². The van der Waals surface area contributed by atoms with E-state index in [2.05, 4.69) is 29.8 Å². The lowest BCUT2D eigenvalue weighted by molar-refractivity contribution is 0.0700. The van der Waals surface area contributed by atoms with Crippen LogP contribution in [0.15, 0.2) is 15.2 Å². The lowest BCUT2D eigenvalue weighted by atomic mass is 10.2. The zero-order valence-corrected chi connectivity index (χ0v) is 11.7. The minimum absolute atomic E-state index is 0.133. The summed E-state index contributed by atoms with van der Waals surface area (Å²) >= 11 is 4.92. The molecule has 1 unspecified atom stereocenters. The van der Waals surface area contributed by atoms with Gasteiger partial charge in [-0.05, 0) is 42.3 Å². The molecule has 1 amide bonds. The Morgan fingerprint density at radius 2 is 2.27 bits per heavy atom. The normalized spacial score (nSPS) is 12.5. The van der Waals surface area contributed by atoms with Crippen LogP contribution in [0.25, 0.3) is 0 Å². The number of halogens is 1. The first kappa shape index (κ1) is 12.7. The summed E-state index contributed by atoms with van der Waals surface area (Å²) in [6.07, 6.45) is 0.991. The zero-order valence-electron chi connectivity index (χ0n) is 9.29. The number of carbonyl (C=O) groups excluding carboxylic acids is 1. The highest BCUT2D eigenvalue weighted by Gasteiger charge is 2.19. The Labute approximate surface area is 103 Å². The Morgan fingerprint density at radius 1 is 1.60 bits per heavy atom. The topological polar surface area (TPSA) is 20.3 Å². The fourth-order valence-corrected chi connectivity index (χ4v) is 2.59. The van der Waals surface area contributed by atoms with E-state index < -0.39 is 0 Å². The quantitative estimate of drug-likeness (QED) is 0.826. The molecule has 0 aliphatic heterocycles. The van der Waals surface area contributed by atoms with Crippen molar-refractivity contribution < 1.29 is 4.79 Å². The predicted molar refractivity (Wildman–Crippen MR) is 68.5 cm³/mol. The Morgan fingerprint density at radius 3 is 2.67 bits per heavy atom. The van der Waals surface area contributed by atoms with Gasteiger partial charge in [-0.3, -0.25) is 4.79 Å². The molecular formula is C11H16BrNOS. The third-order valence-electron chi connectivity index (χ3n) is 2.54. The number of hydrogen-bond donors (Lipinski definition) is 0. The molecule has 0 fully saturated rings. The number of hydrogen-bond acceptors (Lipinski definition) is 2. The maximum absolute atomic E-state index is 12.1. The fraction of sp³-hybridized carbons (Fsp3) is 0.545. The highest BCUT2D eigenvalue weighted by atomic mass is 79.9. The number of amides is 1. The maximum atomic E-state index is 12.1. The van der Waals surface area contributed by atoms with Crippen LogP contribution in [0.5, 0.6) is 0 Å². The van der Waals surface area contributed by atoms with Crippen LogP contribution in [-0.2, 0) is 0 Å². The van der Waals surface area contributed by atoms with E-state index >= 15 is 0 Å². The van der Waals surface area contributed by atoms with Gasteiger partial charge in [-0.25, -0.2) is 0 Å². The molecule has 0 aliphatic rings. The summed E-state index contributed by atoms with van der Waals surface area (Å²) in [6, 6.07) is 2.19. The van der Waals surface area contributed by atoms with E-state index in [1.165, 1.54) is 0 Å². The molecule has 0 aliphatic carbocycles. The van der Waals surface area contributed by atoms with E-state index in [9.17, 15) is 4.79 Å². The summed E-state index contributed by atoms with van der Waals surface area (Å²) in [4.78, 5) is 14.0. The van der Waals surface area contributed by atoms with Crippen molar-refractivity contribution >= 4 is 33.2 Å². The Balaban J connectivity index is 2.82. The van der Waals surface area contributed by atoms with Gasteiger partial charge >= 0.3 is 0 Å². The lowest BCUT2D eigenvalue weighted by Crippen LogP contribution is -2.37. The number of thiophene rings is 1. The van der Waals surface area contributed by atoms with Crippen molar-refractivity contribution in [2.24, 2.45) is 0 Å². The van der Waals surface area contributed by atoms with E-state index in [0.717, 1.165) is 22.3 Å². The van der Waals surface area contributed by atoms with Crippen LogP contribution in [0, 0.1) is 0 Å². The minimum atomic E-state index is 0.133. The summed E-state index contributed by atoms with van der Waals surface area (Å²) in [5, 5.41) is 1.90. The van der Waals surface area contributed by atoms with Gasteiger partial charge in [-0.15, -0.1) is 11.3 Å². The molecule has 4 heteroatoms. The Hall–Kier alpha value is -0.350. The summed E-state index contributed by atoms with van der Waals surface area (Å²) < 4.78 is 1.01. The minimum Gasteiger partial charge on any atom is -0.336 e. The Kier molecular flexibility index (Phi) is 4.80. The van der Waals surface area contributed by atoms with Crippen molar-refractivity contribution in [2.75, 3.05) is 6.54 Å². The molecule has 0 bridgehead atoms. The summed E-state index contributed by atoms with van der Waals surface area (Å²) in [5.41, 5.74) is 0.786. The molecule has 84 valence electrons. The van der Waals surface area contributed by atoms with Crippen molar-refractivity contribution in [1.29, 1.82) is 0 Å². The molecule has 0 saturated carbocycles. The van der Waals surface area contributed by atoms with Crippen LogP contribution >= 0.6 is 27.3 Å². The van der Waals surface area contributed by atoms with Crippen molar-refractivity contribution in [3.8, 4) is 0 Å². The fourth-order valence-electron chi connectivity index (χ4n) is 1.46. The van der Waals surface area contributed by atoms with Gasteiger partial charge in [0.2, 0.25) is 0 Å². The molecule has 1 aromatic rings. The molecular weight excluding hydrogens is 274 g/mol. The second-order valence-corrected chi connectivity index (χ2v) is 5.78. The number of rotatable bonds is 4. The number of carbonyl (C=O) groups is 1. The summed E-state index contributed by atoms with van der Waals surface area (Å²) in [6.45, 7) is 6.97. The van der Waals surface area contributed by atoms with Gasteiger partial charge in [-0.1, -0.05) is 6.92 Å². The monoisotopic (exact) mass is 289 g/mol. The third-order valence-corrected chi connectivity index (χ3v) is 4.04. The molecule has 1 aromatic heterocycles. The van der Waals surface area contributed by atoms with Crippen LogP contribution in [0.2, 0.25) is 0 Å². The highest BCUT2D eigenvalue weighted by Crippen LogP contribution is 2.22. The smallest absolute Gasteiger partial charge is 0.254 e. The van der Waals surface area contributed by atoms with Crippen LogP contribution in [0.4, 0.5) is 0 Å². The average Bonchev–Trinajstić information content (AvgIpc) is 2.65. The molecule has 0 N–H and O–H groups in total. The van der Waals surface area contributed by atoms with Crippen molar-refractivity contribution in [1.82, 2.24) is 4.90 Å². The zero-order chi connectivity index (χ0) is 11.4. The molecule has 0 aromatic carbocycles. The molecule has 1 rings (SSSR count). The lowest BCUT2D eigenvalue weighted by Gasteiger charge is -2.26. The molecule has 0 spiro atoms. The molecule has 15 heavy (non-hydrogen) atoms. The largest absolute Gasteiger partial charge is 0.336 e. The van der Waals surface area contributed by atoms with Crippen molar-refractivity contribution in [3.05, 3.63) is 20.8 Å². The standard InChI is InChI=1S/C11H16BrNOS/c1-4-8(3)13(5-2)11(14)9-6-10(12)15-7-9/h6-8H,4-5H2,1-3H3. The number of nitrogens with zero attached hydrogens (tertiary/aromatic N) is 1. The molecule has 2 nitrogen and oxygen atoms in total. The van der Waals surface area contributed by atoms with Gasteiger partial charge in [0.05, 0.1) is 9.35 Å². The van der Waals surface area contributed by atoms with E-state index in [-0.39, 0.29) is 5.91 Å². The van der Waals surface area contributed by atoms with Crippen molar-refractivity contribution in [2.45, 2.75) is 33.2 Å². The first-order valence-corrected chi connectivity index (χ1v) is 6.82. The van der Waals surface area contributed by atoms with Crippen LogP contribution in [0.3, 0.4) is 0 Å². The molecule has 1 atom stereocenters. The molecule has 1 heterocycles. The van der Waals surface area contributed by atoms with Gasteiger partial charge in [0.1, 0.15) is 0 Å². The SMILES string of the molecule is CCC(C)N(CC)C(=O)c1csc(Br)c1. The van der Waals surface area contributed by atoms with Gasteiger partial charge < -0.3 is 4.90 Å². The first-order valence-electron chi connectivity index (χ1n) is 5.15. The van der Waals surface area contributed by atoms with Gasteiger partial charge in [0, 0.05) is 18.0 Å². The van der Waals surface area contributed by atoms with E-state index in [1.54, 1.807) is 11.3 Å². The van der Waals surface area contributed by atoms with E-state index in [0.29, 0.717) is 6.04 Å². The summed E-state index contributed by atoms with van der Waals surface area (Å²) in [7, 11) is 0. The third kappa shape index (κ3) is 3.05. The first-order chi connectivity index (χ1) is 7.10. The summed E-state index contributed by atoms with van der Waals surface area (Å²) in [5.74, 6) is 0.133. The van der Waals surface area contributed by atoms with Crippen molar-refractivity contribution in [3.63, 3.8) is 0 Å². The molecule has 0 saturated heterocycles. The Bertz CT molecular complexity index is 337. The van der Waals surface area contributed by atoms with Crippen LogP contribution in [-0.4, -0.2) is 23.4 Å². The van der Waals surface area contributed by atoms with E-state index in [1.807, 2.05) is 23.3 Å². The van der Waals surface area contributed by atoms with E-state index in [4.69, 9.17) is 0 Å². The maximum Gasteiger partial charge on any atom is 0.254 e. The van der Waals surface area contributed by atoms with Gasteiger partial charge in [0.15, 0.2) is 0 Å². The van der Waals surface area contributed by atoms with Gasteiger partial charge in [-0.2, -0.15) is 0 Å². The second kappa shape index (κ2) is 5.66. The average molecular weight is 290 g/mol. The highest BCUT2D eigenvalue weighted by molar-refractivity contribution is 9.11. The predicted octanol–water partition coefficient (Wildman–Crippen LogP) is 3.77. The molecule has 0 radical (unpaired) electrons.